The first-order chi connectivity index (χ1) is 4.83. The van der Waals surface area contributed by atoms with Crippen LogP contribution in [0.15, 0.2) is 0 Å². The van der Waals surface area contributed by atoms with E-state index in [-0.39, 0.29) is 0 Å². The van der Waals surface area contributed by atoms with Crippen molar-refractivity contribution in [2.24, 2.45) is 23.7 Å². The van der Waals surface area contributed by atoms with Gasteiger partial charge in [-0.05, 0) is 42.9 Å². The fourth-order valence-corrected chi connectivity index (χ4v) is 3.01. The molecule has 0 aliphatic heterocycles. The van der Waals surface area contributed by atoms with E-state index >= 15 is 0 Å². The summed E-state index contributed by atoms with van der Waals surface area (Å²) in [5, 5.41) is 9.06. The third-order valence-electron chi connectivity index (χ3n) is 3.75. The molecule has 0 unspecified atom stereocenters. The normalized spacial score (nSPS) is 52.2. The van der Waals surface area contributed by atoms with Crippen LogP contribution in [0.3, 0.4) is 0 Å². The maximum Gasteiger partial charge on any atom is 0.0464 e. The van der Waals surface area contributed by atoms with E-state index in [9.17, 15) is 0 Å². The first-order valence-corrected chi connectivity index (χ1v) is 4.43. The van der Waals surface area contributed by atoms with Gasteiger partial charge in [0.25, 0.3) is 0 Å². The van der Waals surface area contributed by atoms with Crippen molar-refractivity contribution in [2.45, 2.75) is 26.2 Å². The van der Waals surface area contributed by atoms with Crippen LogP contribution < -0.4 is 0 Å². The van der Waals surface area contributed by atoms with Gasteiger partial charge in [0.05, 0.1) is 0 Å². The van der Waals surface area contributed by atoms with Crippen molar-refractivity contribution in [2.75, 3.05) is 6.61 Å². The molecule has 58 valence electrons. The lowest BCUT2D eigenvalue weighted by atomic mass is 9.81. The van der Waals surface area contributed by atoms with Crippen LogP contribution in [0.4, 0.5) is 0 Å². The van der Waals surface area contributed by atoms with Gasteiger partial charge < -0.3 is 5.11 Å². The van der Waals surface area contributed by atoms with E-state index in [1.165, 1.54) is 19.3 Å². The highest BCUT2D eigenvalue weighted by Crippen LogP contribution is 2.51. The first-order valence-electron chi connectivity index (χ1n) is 4.43. The summed E-state index contributed by atoms with van der Waals surface area (Å²) < 4.78 is 0. The monoisotopic (exact) mass is 140 g/mol. The quantitative estimate of drug-likeness (QED) is 0.587. The van der Waals surface area contributed by atoms with Crippen LogP contribution in [-0.2, 0) is 0 Å². The van der Waals surface area contributed by atoms with Crippen LogP contribution in [0.5, 0.6) is 0 Å². The van der Waals surface area contributed by atoms with Crippen molar-refractivity contribution in [3.63, 3.8) is 0 Å². The molecule has 10 heavy (non-hydrogen) atoms. The molecule has 0 spiro atoms. The Balaban J connectivity index is 2.10. The van der Waals surface area contributed by atoms with Gasteiger partial charge in [0.2, 0.25) is 0 Å². The zero-order valence-corrected chi connectivity index (χ0v) is 6.59. The summed E-state index contributed by atoms with van der Waals surface area (Å²) in [6.07, 6.45) is 4.23. The summed E-state index contributed by atoms with van der Waals surface area (Å²) in [5.74, 6) is 3.30. The molecule has 0 aromatic heterocycles. The van der Waals surface area contributed by atoms with E-state index in [2.05, 4.69) is 6.92 Å². The van der Waals surface area contributed by atoms with Crippen molar-refractivity contribution >= 4 is 0 Å². The minimum Gasteiger partial charge on any atom is -0.396 e. The predicted molar refractivity (Wildman–Crippen MR) is 40.6 cm³/mol. The Labute approximate surface area is 62.4 Å². The van der Waals surface area contributed by atoms with E-state index in [0.29, 0.717) is 12.5 Å². The van der Waals surface area contributed by atoms with E-state index in [4.69, 9.17) is 5.11 Å². The van der Waals surface area contributed by atoms with Crippen LogP contribution in [0.2, 0.25) is 0 Å². The van der Waals surface area contributed by atoms with Crippen LogP contribution >= 0.6 is 0 Å². The molecule has 2 fully saturated rings. The fourth-order valence-electron chi connectivity index (χ4n) is 3.01. The zero-order chi connectivity index (χ0) is 7.14. The number of aliphatic hydroxyl groups excluding tert-OH is 1. The molecule has 1 nitrogen and oxygen atoms in total. The van der Waals surface area contributed by atoms with Crippen LogP contribution in [-0.4, -0.2) is 11.7 Å². The van der Waals surface area contributed by atoms with Gasteiger partial charge >= 0.3 is 0 Å². The molecule has 1 N–H and O–H groups in total. The number of hydrogen-bond acceptors (Lipinski definition) is 1. The predicted octanol–water partition coefficient (Wildman–Crippen LogP) is 1.66. The summed E-state index contributed by atoms with van der Waals surface area (Å²) in [5.41, 5.74) is 0. The summed E-state index contributed by atoms with van der Waals surface area (Å²) in [6.45, 7) is 2.74. The van der Waals surface area contributed by atoms with E-state index < -0.39 is 0 Å². The lowest BCUT2D eigenvalue weighted by molar-refractivity contribution is 0.134. The largest absolute Gasteiger partial charge is 0.396 e. The molecule has 0 radical (unpaired) electrons. The number of aliphatic hydroxyl groups is 1. The summed E-state index contributed by atoms with van der Waals surface area (Å²) >= 11 is 0. The Morgan fingerprint density at radius 3 is 2.40 bits per heavy atom. The molecule has 0 saturated heterocycles. The minimum atomic E-state index is 0.433. The highest BCUT2D eigenvalue weighted by atomic mass is 16.3. The Kier molecular flexibility index (Phi) is 1.48. The molecule has 2 aliphatic carbocycles. The molecule has 2 bridgehead atoms. The zero-order valence-electron chi connectivity index (χ0n) is 6.59. The van der Waals surface area contributed by atoms with Crippen molar-refractivity contribution in [1.82, 2.24) is 0 Å². The highest BCUT2D eigenvalue weighted by molar-refractivity contribution is 4.93. The Morgan fingerprint density at radius 1 is 1.30 bits per heavy atom. The smallest absolute Gasteiger partial charge is 0.0464 e. The minimum absolute atomic E-state index is 0.433. The molecular weight excluding hydrogens is 124 g/mol. The number of rotatable bonds is 1. The van der Waals surface area contributed by atoms with Crippen LogP contribution in [0, 0.1) is 23.7 Å². The fraction of sp³-hybridized carbons (Fsp3) is 1.00. The SMILES string of the molecule is C[C@H]1[C@@H]2CC[C@@H](C2)[C@H]1CO. The van der Waals surface area contributed by atoms with Crippen molar-refractivity contribution in [3.05, 3.63) is 0 Å². The molecular formula is C9H16O. The van der Waals surface area contributed by atoms with Crippen molar-refractivity contribution < 1.29 is 5.11 Å². The second-order valence-corrected chi connectivity index (χ2v) is 4.04. The van der Waals surface area contributed by atoms with Gasteiger partial charge in [0.1, 0.15) is 0 Å². The molecule has 1 heteroatoms. The standard InChI is InChI=1S/C9H16O/c1-6-7-2-3-8(4-7)9(6)5-10/h6-10H,2-5H2,1H3/t6-,7+,8-,9-/m0/s1. The molecule has 2 saturated carbocycles. The average molecular weight is 140 g/mol. The van der Waals surface area contributed by atoms with E-state index in [0.717, 1.165) is 17.8 Å². The maximum absolute atomic E-state index is 9.06. The molecule has 0 aromatic rings. The van der Waals surface area contributed by atoms with Gasteiger partial charge in [-0.2, -0.15) is 0 Å². The van der Waals surface area contributed by atoms with E-state index in [1.807, 2.05) is 0 Å². The molecule has 2 aliphatic rings. The Morgan fingerprint density at radius 2 is 2.00 bits per heavy atom. The third-order valence-corrected chi connectivity index (χ3v) is 3.75. The molecule has 0 heterocycles. The number of fused-ring (bicyclic) bond motifs is 2. The topological polar surface area (TPSA) is 20.2 Å². The molecule has 0 aromatic carbocycles. The molecule has 2 rings (SSSR count). The summed E-state index contributed by atoms with van der Waals surface area (Å²) in [6, 6.07) is 0. The van der Waals surface area contributed by atoms with Crippen LogP contribution in [0.25, 0.3) is 0 Å². The van der Waals surface area contributed by atoms with Gasteiger partial charge in [-0.25, -0.2) is 0 Å². The van der Waals surface area contributed by atoms with Gasteiger partial charge in [-0.3, -0.25) is 0 Å². The highest BCUT2D eigenvalue weighted by Gasteiger charge is 2.44. The Hall–Kier alpha value is -0.0400. The van der Waals surface area contributed by atoms with Crippen molar-refractivity contribution in [1.29, 1.82) is 0 Å². The molecule has 4 atom stereocenters. The van der Waals surface area contributed by atoms with Gasteiger partial charge in [0.15, 0.2) is 0 Å². The van der Waals surface area contributed by atoms with E-state index in [1.54, 1.807) is 0 Å². The lowest BCUT2D eigenvalue weighted by Crippen LogP contribution is -2.22. The maximum atomic E-state index is 9.06. The van der Waals surface area contributed by atoms with Gasteiger partial charge in [-0.15, -0.1) is 0 Å². The van der Waals surface area contributed by atoms with Crippen LogP contribution in [0.1, 0.15) is 26.2 Å². The second kappa shape index (κ2) is 2.23. The lowest BCUT2D eigenvalue weighted by Gasteiger charge is -2.25. The first kappa shape index (κ1) is 6.66. The van der Waals surface area contributed by atoms with Crippen molar-refractivity contribution in [3.8, 4) is 0 Å². The second-order valence-electron chi connectivity index (χ2n) is 4.04. The number of hydrogen-bond donors (Lipinski definition) is 1. The average Bonchev–Trinajstić information content (AvgIpc) is 2.46. The van der Waals surface area contributed by atoms with Gasteiger partial charge in [-0.1, -0.05) is 6.92 Å². The summed E-state index contributed by atoms with van der Waals surface area (Å²) in [4.78, 5) is 0. The molecule has 0 amide bonds. The Bertz CT molecular complexity index is 131. The third kappa shape index (κ3) is 0.731. The van der Waals surface area contributed by atoms with Gasteiger partial charge in [0, 0.05) is 6.61 Å². The summed E-state index contributed by atoms with van der Waals surface area (Å²) in [7, 11) is 0.